The molecule has 1 nitrogen and oxygen atoms in total. The van der Waals surface area contributed by atoms with Crippen LogP contribution in [-0.4, -0.2) is 12.3 Å². The maximum absolute atomic E-state index is 5.04. The van der Waals surface area contributed by atoms with E-state index in [1.54, 1.807) is 5.71 Å². The van der Waals surface area contributed by atoms with Crippen LogP contribution in [0.3, 0.4) is 0 Å². The van der Waals surface area contributed by atoms with Crippen molar-refractivity contribution in [3.63, 3.8) is 0 Å². The average Bonchev–Trinajstić information content (AvgIpc) is 2.77. The Morgan fingerprint density at radius 2 is 1.50 bits per heavy atom. The fourth-order valence-electron chi connectivity index (χ4n) is 4.74. The van der Waals surface area contributed by atoms with Crippen molar-refractivity contribution in [2.24, 2.45) is 22.2 Å². The van der Waals surface area contributed by atoms with E-state index in [1.165, 1.54) is 70.6 Å². The molecule has 0 aromatic heterocycles. The van der Waals surface area contributed by atoms with Crippen molar-refractivity contribution in [3.05, 3.63) is 0 Å². The van der Waals surface area contributed by atoms with Gasteiger partial charge in [0.05, 0.1) is 0 Å². The number of fused-ring (bicyclic) bond motifs is 1. The molecule has 0 aromatic rings. The van der Waals surface area contributed by atoms with Crippen LogP contribution in [0.1, 0.15) is 91.4 Å². The largest absolute Gasteiger partial charge is 0.294 e. The quantitative estimate of drug-likeness (QED) is 0.519. The van der Waals surface area contributed by atoms with Crippen molar-refractivity contribution in [2.75, 3.05) is 6.54 Å². The normalized spacial score (nSPS) is 35.1. The second kappa shape index (κ2) is 7.61. The van der Waals surface area contributed by atoms with E-state index < -0.39 is 0 Å². The van der Waals surface area contributed by atoms with Gasteiger partial charge in [-0.25, -0.2) is 0 Å². The zero-order valence-electron chi connectivity index (χ0n) is 14.1. The van der Waals surface area contributed by atoms with Gasteiger partial charge in [0.2, 0.25) is 0 Å². The molecule has 0 spiro atoms. The lowest BCUT2D eigenvalue weighted by atomic mass is 9.60. The first kappa shape index (κ1) is 16.0. The van der Waals surface area contributed by atoms with E-state index in [9.17, 15) is 0 Å². The first-order chi connectivity index (χ1) is 9.80. The fraction of sp³-hybridized carbons (Fsp3) is 0.947. The Morgan fingerprint density at radius 1 is 0.850 bits per heavy atom. The van der Waals surface area contributed by atoms with Crippen LogP contribution in [0.4, 0.5) is 0 Å². The molecule has 0 saturated heterocycles. The van der Waals surface area contributed by atoms with Crippen LogP contribution >= 0.6 is 0 Å². The number of hydrogen-bond acceptors (Lipinski definition) is 1. The lowest BCUT2D eigenvalue weighted by Crippen LogP contribution is -2.42. The van der Waals surface area contributed by atoms with Crippen molar-refractivity contribution in [1.82, 2.24) is 0 Å². The van der Waals surface area contributed by atoms with Gasteiger partial charge in [-0.15, -0.1) is 0 Å². The summed E-state index contributed by atoms with van der Waals surface area (Å²) in [6, 6.07) is 0. The SMILES string of the molecule is CC.C[C@@]12CCCC[C@@H]1C(C1CCCCCC1)=NCC2. The lowest BCUT2D eigenvalue weighted by Gasteiger charge is -2.46. The number of rotatable bonds is 1. The highest BCUT2D eigenvalue weighted by atomic mass is 14.8. The highest BCUT2D eigenvalue weighted by Crippen LogP contribution is 2.48. The van der Waals surface area contributed by atoms with Crippen molar-refractivity contribution >= 4 is 5.71 Å². The van der Waals surface area contributed by atoms with Gasteiger partial charge in [-0.05, 0) is 43.4 Å². The molecule has 3 aliphatic rings. The summed E-state index contributed by atoms with van der Waals surface area (Å²) in [5.41, 5.74) is 2.28. The summed E-state index contributed by atoms with van der Waals surface area (Å²) in [6.45, 7) is 7.68. The summed E-state index contributed by atoms with van der Waals surface area (Å²) >= 11 is 0. The molecule has 20 heavy (non-hydrogen) atoms. The van der Waals surface area contributed by atoms with E-state index in [2.05, 4.69) is 6.92 Å². The van der Waals surface area contributed by atoms with Gasteiger partial charge in [0.1, 0.15) is 0 Å². The van der Waals surface area contributed by atoms with Gasteiger partial charge >= 0.3 is 0 Å². The Balaban J connectivity index is 0.000000704. The third-order valence-corrected chi connectivity index (χ3v) is 5.94. The Morgan fingerprint density at radius 3 is 2.20 bits per heavy atom. The van der Waals surface area contributed by atoms with E-state index in [0.29, 0.717) is 5.41 Å². The molecule has 2 atom stereocenters. The molecule has 1 heteroatoms. The average molecular weight is 277 g/mol. The highest BCUT2D eigenvalue weighted by Gasteiger charge is 2.42. The van der Waals surface area contributed by atoms with Gasteiger partial charge in [-0.2, -0.15) is 0 Å². The van der Waals surface area contributed by atoms with Gasteiger partial charge in [0.25, 0.3) is 0 Å². The van der Waals surface area contributed by atoms with Crippen LogP contribution in [0.25, 0.3) is 0 Å². The topological polar surface area (TPSA) is 12.4 Å². The zero-order valence-corrected chi connectivity index (χ0v) is 14.1. The minimum atomic E-state index is 0.613. The summed E-state index contributed by atoms with van der Waals surface area (Å²) in [4.78, 5) is 5.04. The standard InChI is InChI=1S/C17H29N.C2H6/c1-17-11-7-6-10-15(17)16(18-13-12-17)14-8-4-2-3-5-9-14;1-2/h14-15H,2-13H2,1H3;1-2H3/t15-,17+;/m1./s1. The molecule has 2 saturated carbocycles. The van der Waals surface area contributed by atoms with Crippen molar-refractivity contribution in [1.29, 1.82) is 0 Å². The smallest absolute Gasteiger partial charge is 0.0394 e. The monoisotopic (exact) mass is 277 g/mol. The highest BCUT2D eigenvalue weighted by molar-refractivity contribution is 5.90. The molecule has 0 N–H and O–H groups in total. The van der Waals surface area contributed by atoms with Crippen LogP contribution < -0.4 is 0 Å². The molecule has 116 valence electrons. The van der Waals surface area contributed by atoms with E-state index in [1.807, 2.05) is 13.8 Å². The summed E-state index contributed by atoms with van der Waals surface area (Å²) in [5, 5.41) is 0. The fourth-order valence-corrected chi connectivity index (χ4v) is 4.74. The number of aliphatic imine (C=N–C) groups is 1. The van der Waals surface area contributed by atoms with Crippen LogP contribution in [0.2, 0.25) is 0 Å². The van der Waals surface area contributed by atoms with Crippen molar-refractivity contribution in [3.8, 4) is 0 Å². The third-order valence-electron chi connectivity index (χ3n) is 5.94. The van der Waals surface area contributed by atoms with Crippen LogP contribution in [0.15, 0.2) is 4.99 Å². The Labute approximate surface area is 126 Å². The summed E-state index contributed by atoms with van der Waals surface area (Å²) in [6.07, 6.45) is 15.9. The zero-order chi connectivity index (χ0) is 14.4. The van der Waals surface area contributed by atoms with Gasteiger partial charge in [-0.1, -0.05) is 59.3 Å². The van der Waals surface area contributed by atoms with E-state index >= 15 is 0 Å². The minimum Gasteiger partial charge on any atom is -0.294 e. The molecule has 0 bridgehead atoms. The Kier molecular flexibility index (Phi) is 6.11. The lowest BCUT2D eigenvalue weighted by molar-refractivity contribution is 0.141. The first-order valence-corrected chi connectivity index (χ1v) is 9.34. The minimum absolute atomic E-state index is 0.613. The van der Waals surface area contributed by atoms with Gasteiger partial charge in [0.15, 0.2) is 0 Å². The molecular weight excluding hydrogens is 242 g/mol. The summed E-state index contributed by atoms with van der Waals surface area (Å²) < 4.78 is 0. The second-order valence-electron chi connectivity index (χ2n) is 7.20. The molecule has 2 aliphatic carbocycles. The van der Waals surface area contributed by atoms with Crippen molar-refractivity contribution in [2.45, 2.75) is 91.4 Å². The van der Waals surface area contributed by atoms with E-state index in [-0.39, 0.29) is 0 Å². The predicted octanol–water partition coefficient (Wildman–Crippen LogP) is 6.02. The maximum Gasteiger partial charge on any atom is 0.0394 e. The first-order valence-electron chi connectivity index (χ1n) is 9.34. The Hall–Kier alpha value is -0.330. The molecule has 3 rings (SSSR count). The van der Waals surface area contributed by atoms with Crippen LogP contribution in [0, 0.1) is 17.3 Å². The molecule has 1 heterocycles. The van der Waals surface area contributed by atoms with E-state index in [4.69, 9.17) is 4.99 Å². The number of nitrogens with zero attached hydrogens (tertiary/aromatic N) is 1. The summed E-state index contributed by atoms with van der Waals surface area (Å²) in [7, 11) is 0. The van der Waals surface area contributed by atoms with E-state index in [0.717, 1.165) is 18.4 Å². The Bertz CT molecular complexity index is 312. The molecule has 0 unspecified atom stereocenters. The third kappa shape index (κ3) is 3.46. The second-order valence-corrected chi connectivity index (χ2v) is 7.20. The van der Waals surface area contributed by atoms with Gasteiger partial charge in [-0.3, -0.25) is 4.99 Å². The summed E-state index contributed by atoms with van der Waals surface area (Å²) in [5.74, 6) is 1.71. The molecule has 2 fully saturated rings. The molecule has 0 amide bonds. The van der Waals surface area contributed by atoms with Crippen molar-refractivity contribution < 1.29 is 0 Å². The number of hydrogen-bond donors (Lipinski definition) is 0. The molecular formula is C19H35N. The molecule has 0 radical (unpaired) electrons. The molecule has 0 aromatic carbocycles. The van der Waals surface area contributed by atoms with Gasteiger partial charge in [0, 0.05) is 18.2 Å². The van der Waals surface area contributed by atoms with Crippen LogP contribution in [-0.2, 0) is 0 Å². The maximum atomic E-state index is 5.04. The predicted molar refractivity (Wildman–Crippen MR) is 89.5 cm³/mol. The van der Waals surface area contributed by atoms with Crippen LogP contribution in [0.5, 0.6) is 0 Å². The molecule has 1 aliphatic heterocycles. The van der Waals surface area contributed by atoms with Gasteiger partial charge < -0.3 is 0 Å².